The van der Waals surface area contributed by atoms with Crippen molar-refractivity contribution >= 4 is 11.8 Å². The number of carbonyl (C=O) groups is 2. The number of benzene rings is 2. The molecule has 6 rings (SSSR count). The van der Waals surface area contributed by atoms with Gasteiger partial charge in [0.15, 0.2) is 0 Å². The minimum atomic E-state index is -0.510. The van der Waals surface area contributed by atoms with Crippen molar-refractivity contribution in [2.45, 2.75) is 18.3 Å². The van der Waals surface area contributed by atoms with Crippen LogP contribution in [-0.4, -0.2) is 35.0 Å². The average Bonchev–Trinajstić information content (AvgIpc) is 2.89. The van der Waals surface area contributed by atoms with Crippen molar-refractivity contribution < 1.29 is 14.7 Å². The lowest BCUT2D eigenvalue weighted by Crippen LogP contribution is -2.51. The third-order valence-electron chi connectivity index (χ3n) is 6.46. The van der Waals surface area contributed by atoms with Gasteiger partial charge in [-0.1, -0.05) is 55.5 Å². The summed E-state index contributed by atoms with van der Waals surface area (Å²) < 4.78 is 0. The summed E-state index contributed by atoms with van der Waals surface area (Å²) in [4.78, 5) is 27.5. The normalized spacial score (nSPS) is 31.8. The standard InChI is InChI=1S/C21H19NO3/c1-21-14-8-4-2-6-12(14)16(13-7-3-5-9-15(13)21)17-18(21)20(25)22(10-11-23)19(17)24/h2-9,16-18,23H,10-11H2,1H3/t16?,17-,18+,21?/m1/s1. The largest absolute Gasteiger partial charge is 0.395 e. The number of amides is 2. The van der Waals surface area contributed by atoms with Crippen LogP contribution in [0.25, 0.3) is 0 Å². The molecule has 4 heteroatoms. The third kappa shape index (κ3) is 1.56. The van der Waals surface area contributed by atoms with Gasteiger partial charge < -0.3 is 5.11 Å². The average molecular weight is 333 g/mol. The van der Waals surface area contributed by atoms with Crippen LogP contribution in [0.3, 0.4) is 0 Å². The molecule has 1 saturated heterocycles. The summed E-state index contributed by atoms with van der Waals surface area (Å²) in [6, 6.07) is 16.4. The molecule has 0 aromatic heterocycles. The number of rotatable bonds is 2. The van der Waals surface area contributed by atoms with Crippen molar-refractivity contribution in [2.24, 2.45) is 11.8 Å². The fraction of sp³-hybridized carbons (Fsp3) is 0.333. The fourth-order valence-electron chi connectivity index (χ4n) is 5.53. The van der Waals surface area contributed by atoms with Gasteiger partial charge in [-0.3, -0.25) is 14.5 Å². The molecule has 2 atom stereocenters. The smallest absolute Gasteiger partial charge is 0.234 e. The number of nitrogens with zero attached hydrogens (tertiary/aromatic N) is 1. The van der Waals surface area contributed by atoms with Gasteiger partial charge in [-0.05, 0) is 22.3 Å². The molecule has 25 heavy (non-hydrogen) atoms. The maximum atomic E-state index is 13.1. The van der Waals surface area contributed by atoms with Crippen LogP contribution in [0, 0.1) is 11.8 Å². The molecule has 1 N–H and O–H groups in total. The van der Waals surface area contributed by atoms with Crippen molar-refractivity contribution in [2.75, 3.05) is 13.2 Å². The van der Waals surface area contributed by atoms with Crippen molar-refractivity contribution in [3.05, 3.63) is 70.8 Å². The number of aliphatic hydroxyl groups excluding tert-OH is 1. The number of likely N-dealkylation sites (tertiary alicyclic amines) is 1. The zero-order valence-corrected chi connectivity index (χ0v) is 14.0. The molecule has 1 aliphatic heterocycles. The van der Waals surface area contributed by atoms with E-state index in [1.165, 1.54) is 4.90 Å². The summed E-state index contributed by atoms with van der Waals surface area (Å²) in [7, 11) is 0. The van der Waals surface area contributed by atoms with E-state index in [0.717, 1.165) is 22.3 Å². The van der Waals surface area contributed by atoms with Gasteiger partial charge in [0.2, 0.25) is 11.8 Å². The second-order valence-electron chi connectivity index (χ2n) is 7.41. The first-order chi connectivity index (χ1) is 12.1. The first-order valence-corrected chi connectivity index (χ1v) is 8.75. The van der Waals surface area contributed by atoms with E-state index in [1.54, 1.807) is 0 Å². The molecule has 0 spiro atoms. The molecule has 1 fully saturated rings. The maximum absolute atomic E-state index is 13.1. The second-order valence-corrected chi connectivity index (χ2v) is 7.41. The first-order valence-electron chi connectivity index (χ1n) is 8.75. The Bertz CT molecular complexity index is 871. The van der Waals surface area contributed by atoms with Crippen LogP contribution in [0.2, 0.25) is 0 Å². The zero-order chi connectivity index (χ0) is 17.3. The molecule has 3 aliphatic carbocycles. The molecule has 2 amide bonds. The van der Waals surface area contributed by atoms with Crippen LogP contribution >= 0.6 is 0 Å². The van der Waals surface area contributed by atoms with Gasteiger partial charge in [0, 0.05) is 11.3 Å². The molecular formula is C21H19NO3. The molecule has 2 bridgehead atoms. The number of hydrogen-bond donors (Lipinski definition) is 1. The molecule has 2 aromatic rings. The van der Waals surface area contributed by atoms with E-state index in [2.05, 4.69) is 31.2 Å². The highest BCUT2D eigenvalue weighted by Crippen LogP contribution is 2.63. The SMILES string of the molecule is CC12c3ccccc3C(c3ccccc31)[C@H]1C(=O)N(CCO)C(=O)[C@H]12. The minimum Gasteiger partial charge on any atom is -0.395 e. The number of carbonyl (C=O) groups excluding carboxylic acids is 2. The van der Waals surface area contributed by atoms with E-state index in [9.17, 15) is 14.7 Å². The highest BCUT2D eigenvalue weighted by molar-refractivity contribution is 6.08. The third-order valence-corrected chi connectivity index (χ3v) is 6.46. The fourth-order valence-corrected chi connectivity index (χ4v) is 5.53. The summed E-state index contributed by atoms with van der Waals surface area (Å²) in [5.41, 5.74) is 4.14. The second kappa shape index (κ2) is 4.79. The number of β-amino-alcohol motifs (C(OH)–C–C–N with tert-alkyl or cyclic N) is 1. The Kier molecular flexibility index (Phi) is 2.85. The Hall–Kier alpha value is -2.46. The lowest BCUT2D eigenvalue weighted by Gasteiger charge is -2.52. The molecule has 0 unspecified atom stereocenters. The summed E-state index contributed by atoms with van der Waals surface area (Å²) in [6.45, 7) is 1.99. The quantitative estimate of drug-likeness (QED) is 0.856. The number of aliphatic hydroxyl groups is 1. The molecule has 1 heterocycles. The van der Waals surface area contributed by atoms with Crippen molar-refractivity contribution in [3.63, 3.8) is 0 Å². The Labute approximate surface area is 146 Å². The molecule has 2 aromatic carbocycles. The van der Waals surface area contributed by atoms with Gasteiger partial charge in [-0.2, -0.15) is 0 Å². The van der Waals surface area contributed by atoms with E-state index >= 15 is 0 Å². The van der Waals surface area contributed by atoms with Crippen molar-refractivity contribution in [1.29, 1.82) is 0 Å². The highest BCUT2D eigenvalue weighted by Gasteiger charge is 2.66. The highest BCUT2D eigenvalue weighted by atomic mass is 16.3. The molecule has 4 aliphatic rings. The topological polar surface area (TPSA) is 57.6 Å². The van der Waals surface area contributed by atoms with Crippen molar-refractivity contribution in [3.8, 4) is 0 Å². The van der Waals surface area contributed by atoms with Crippen LogP contribution in [0.15, 0.2) is 48.5 Å². The van der Waals surface area contributed by atoms with E-state index in [4.69, 9.17) is 0 Å². The lowest BCUT2D eigenvalue weighted by molar-refractivity contribution is -0.140. The summed E-state index contributed by atoms with van der Waals surface area (Å²) in [5.74, 6) is -1.11. The van der Waals surface area contributed by atoms with Crippen LogP contribution in [0.1, 0.15) is 35.1 Å². The van der Waals surface area contributed by atoms with Gasteiger partial charge in [-0.25, -0.2) is 0 Å². The summed E-state index contributed by atoms with van der Waals surface area (Å²) in [5, 5.41) is 9.31. The van der Waals surface area contributed by atoms with Gasteiger partial charge in [0.05, 0.1) is 25.0 Å². The van der Waals surface area contributed by atoms with Crippen LogP contribution < -0.4 is 0 Å². The Balaban J connectivity index is 1.83. The predicted octanol–water partition coefficient (Wildman–Crippen LogP) is 2.04. The van der Waals surface area contributed by atoms with Gasteiger partial charge in [0.1, 0.15) is 0 Å². The van der Waals surface area contributed by atoms with E-state index in [0.29, 0.717) is 0 Å². The number of hydrogen-bond acceptors (Lipinski definition) is 3. The molecular weight excluding hydrogens is 314 g/mol. The Morgan fingerprint density at radius 1 is 0.960 bits per heavy atom. The first kappa shape index (κ1) is 14.8. The minimum absolute atomic E-state index is 0.0835. The molecule has 4 nitrogen and oxygen atoms in total. The van der Waals surface area contributed by atoms with E-state index in [-0.39, 0.29) is 42.7 Å². The van der Waals surface area contributed by atoms with Crippen molar-refractivity contribution in [1.82, 2.24) is 4.90 Å². The molecule has 126 valence electrons. The van der Waals surface area contributed by atoms with E-state index < -0.39 is 5.41 Å². The molecule has 0 saturated carbocycles. The lowest BCUT2D eigenvalue weighted by atomic mass is 9.48. The number of imide groups is 1. The summed E-state index contributed by atoms with van der Waals surface area (Å²) >= 11 is 0. The van der Waals surface area contributed by atoms with Gasteiger partial charge in [0.25, 0.3) is 0 Å². The van der Waals surface area contributed by atoms with E-state index in [1.807, 2.05) is 24.3 Å². The monoisotopic (exact) mass is 333 g/mol. The predicted molar refractivity (Wildman–Crippen MR) is 92.0 cm³/mol. The van der Waals surface area contributed by atoms with Gasteiger partial charge in [-0.15, -0.1) is 0 Å². The maximum Gasteiger partial charge on any atom is 0.234 e. The van der Waals surface area contributed by atoms with Crippen LogP contribution in [0.5, 0.6) is 0 Å². The zero-order valence-electron chi connectivity index (χ0n) is 14.0. The van der Waals surface area contributed by atoms with Gasteiger partial charge >= 0.3 is 0 Å². The van der Waals surface area contributed by atoms with Crippen LogP contribution in [0.4, 0.5) is 0 Å². The van der Waals surface area contributed by atoms with Crippen LogP contribution in [-0.2, 0) is 15.0 Å². The summed E-state index contributed by atoms with van der Waals surface area (Å²) in [6.07, 6.45) is 0. The Morgan fingerprint density at radius 2 is 1.52 bits per heavy atom. The Morgan fingerprint density at radius 3 is 2.08 bits per heavy atom. The molecule has 0 radical (unpaired) electrons.